The largest absolute Gasteiger partial charge is 0.435 e. The molecule has 1 saturated carbocycles. The molecule has 116 valence electrons. The maximum atomic E-state index is 12.1. The lowest BCUT2D eigenvalue weighted by Crippen LogP contribution is -2.31. The predicted molar refractivity (Wildman–Crippen MR) is 74.9 cm³/mol. The van der Waals surface area contributed by atoms with Crippen LogP contribution in [0.1, 0.15) is 31.2 Å². The number of ether oxygens (including phenoxy) is 1. The zero-order chi connectivity index (χ0) is 15.2. The minimum absolute atomic E-state index is 0.0578. The maximum Gasteiger partial charge on any atom is 0.387 e. The van der Waals surface area contributed by atoms with Crippen molar-refractivity contribution in [2.75, 3.05) is 0 Å². The zero-order valence-electron chi connectivity index (χ0n) is 11.7. The van der Waals surface area contributed by atoms with Crippen LogP contribution in [0, 0.1) is 5.92 Å². The molecular formula is C15H20F2N2O2. The average molecular weight is 298 g/mol. The number of carbonyl (C=O) groups is 1. The van der Waals surface area contributed by atoms with Crippen molar-refractivity contribution in [3.05, 3.63) is 29.8 Å². The summed E-state index contributed by atoms with van der Waals surface area (Å²) in [5.41, 5.74) is 6.65. The summed E-state index contributed by atoms with van der Waals surface area (Å²) in [4.78, 5) is 11.9. The van der Waals surface area contributed by atoms with Crippen LogP contribution >= 0.6 is 0 Å². The number of amides is 1. The van der Waals surface area contributed by atoms with Gasteiger partial charge in [-0.25, -0.2) is 0 Å². The van der Waals surface area contributed by atoms with E-state index in [2.05, 4.69) is 10.1 Å². The van der Waals surface area contributed by atoms with Crippen LogP contribution in [0.2, 0.25) is 0 Å². The Morgan fingerprint density at radius 3 is 2.90 bits per heavy atom. The van der Waals surface area contributed by atoms with E-state index in [9.17, 15) is 13.6 Å². The first kappa shape index (κ1) is 15.7. The maximum absolute atomic E-state index is 12.1. The second-order valence-corrected chi connectivity index (χ2v) is 5.36. The second-order valence-electron chi connectivity index (χ2n) is 5.36. The Morgan fingerprint density at radius 1 is 1.43 bits per heavy atom. The fourth-order valence-corrected chi connectivity index (χ4v) is 2.66. The van der Waals surface area contributed by atoms with Gasteiger partial charge in [0.2, 0.25) is 5.91 Å². The van der Waals surface area contributed by atoms with E-state index in [4.69, 9.17) is 5.73 Å². The Kier molecular flexibility index (Phi) is 5.50. The van der Waals surface area contributed by atoms with E-state index in [0.717, 1.165) is 24.8 Å². The topological polar surface area (TPSA) is 64.4 Å². The quantitative estimate of drug-likeness (QED) is 0.847. The van der Waals surface area contributed by atoms with Crippen molar-refractivity contribution in [2.45, 2.75) is 44.9 Å². The van der Waals surface area contributed by atoms with Gasteiger partial charge in [-0.2, -0.15) is 8.78 Å². The summed E-state index contributed by atoms with van der Waals surface area (Å²) in [5.74, 6) is 0.283. The first-order valence-corrected chi connectivity index (χ1v) is 7.10. The highest BCUT2D eigenvalue weighted by atomic mass is 19.3. The molecular weight excluding hydrogens is 278 g/mol. The molecule has 0 heterocycles. The van der Waals surface area contributed by atoms with Gasteiger partial charge in [-0.05, 0) is 36.5 Å². The van der Waals surface area contributed by atoms with E-state index in [1.165, 1.54) is 12.1 Å². The molecule has 0 saturated heterocycles. The molecule has 21 heavy (non-hydrogen) atoms. The number of alkyl halides is 2. The fourth-order valence-electron chi connectivity index (χ4n) is 2.66. The summed E-state index contributed by atoms with van der Waals surface area (Å²) < 4.78 is 28.6. The Bertz CT molecular complexity index is 482. The third kappa shape index (κ3) is 4.97. The molecule has 1 aliphatic carbocycles. The van der Waals surface area contributed by atoms with Crippen molar-refractivity contribution in [1.29, 1.82) is 0 Å². The number of rotatable bonds is 6. The van der Waals surface area contributed by atoms with Gasteiger partial charge < -0.3 is 15.8 Å². The molecule has 1 aromatic carbocycles. The molecule has 0 aliphatic heterocycles. The monoisotopic (exact) mass is 298 g/mol. The number of carbonyl (C=O) groups excluding carboxylic acids is 1. The van der Waals surface area contributed by atoms with E-state index in [1.807, 2.05) is 0 Å². The minimum Gasteiger partial charge on any atom is -0.435 e. The molecule has 1 aromatic rings. The standard InChI is InChI=1S/C15H20F2N2O2/c16-15(17)21-12-5-1-3-10(7-12)9-19-14(20)8-11-4-2-6-13(11)18/h1,3,5,7,11,13,15H,2,4,6,8-9,18H2,(H,19,20)/t11-,13+/m0/s1. The van der Waals surface area contributed by atoms with Crippen LogP contribution in [-0.2, 0) is 11.3 Å². The molecule has 2 atom stereocenters. The molecule has 0 radical (unpaired) electrons. The van der Waals surface area contributed by atoms with Crippen molar-refractivity contribution in [3.63, 3.8) is 0 Å². The van der Waals surface area contributed by atoms with Crippen LogP contribution in [0.3, 0.4) is 0 Å². The van der Waals surface area contributed by atoms with Crippen LogP contribution in [0.15, 0.2) is 24.3 Å². The fraction of sp³-hybridized carbons (Fsp3) is 0.533. The van der Waals surface area contributed by atoms with Crippen LogP contribution in [0.5, 0.6) is 5.75 Å². The highest BCUT2D eigenvalue weighted by Gasteiger charge is 2.25. The van der Waals surface area contributed by atoms with E-state index in [1.54, 1.807) is 12.1 Å². The van der Waals surface area contributed by atoms with Crippen LogP contribution < -0.4 is 15.8 Å². The summed E-state index contributed by atoms with van der Waals surface area (Å²) in [7, 11) is 0. The van der Waals surface area contributed by atoms with Crippen molar-refractivity contribution in [3.8, 4) is 5.75 Å². The molecule has 0 aromatic heterocycles. The van der Waals surface area contributed by atoms with Gasteiger partial charge in [0.25, 0.3) is 0 Å². The molecule has 0 spiro atoms. The Balaban J connectivity index is 1.80. The van der Waals surface area contributed by atoms with Crippen molar-refractivity contribution in [1.82, 2.24) is 5.32 Å². The van der Waals surface area contributed by atoms with Gasteiger partial charge in [0, 0.05) is 19.0 Å². The number of halogens is 2. The first-order valence-electron chi connectivity index (χ1n) is 7.10. The van der Waals surface area contributed by atoms with Crippen molar-refractivity contribution >= 4 is 5.91 Å². The number of nitrogens with two attached hydrogens (primary N) is 1. The normalized spacial score (nSPS) is 21.5. The molecule has 2 rings (SSSR count). The first-order chi connectivity index (χ1) is 10.0. The number of nitrogens with one attached hydrogen (secondary N) is 1. The SMILES string of the molecule is N[C@@H]1CCC[C@H]1CC(=O)NCc1cccc(OC(F)F)c1. The lowest BCUT2D eigenvalue weighted by atomic mass is 10.00. The van der Waals surface area contributed by atoms with Crippen molar-refractivity contribution < 1.29 is 18.3 Å². The summed E-state index contributed by atoms with van der Waals surface area (Å²) >= 11 is 0. The van der Waals surface area contributed by atoms with Gasteiger partial charge in [-0.3, -0.25) is 4.79 Å². The van der Waals surface area contributed by atoms with Crippen molar-refractivity contribution in [2.24, 2.45) is 11.7 Å². The van der Waals surface area contributed by atoms with Crippen LogP contribution in [-0.4, -0.2) is 18.6 Å². The van der Waals surface area contributed by atoms with Gasteiger partial charge in [0.1, 0.15) is 5.75 Å². The van der Waals surface area contributed by atoms with E-state index in [-0.39, 0.29) is 23.6 Å². The molecule has 1 amide bonds. The van der Waals surface area contributed by atoms with Gasteiger partial charge >= 0.3 is 6.61 Å². The summed E-state index contributed by atoms with van der Waals surface area (Å²) in [6, 6.07) is 6.42. The average Bonchev–Trinajstić information content (AvgIpc) is 2.82. The number of benzene rings is 1. The van der Waals surface area contributed by atoms with E-state index < -0.39 is 6.61 Å². The number of hydrogen-bond donors (Lipinski definition) is 2. The van der Waals surface area contributed by atoms with Gasteiger partial charge in [-0.15, -0.1) is 0 Å². The second kappa shape index (κ2) is 7.36. The van der Waals surface area contributed by atoms with Gasteiger partial charge in [0.15, 0.2) is 0 Å². The smallest absolute Gasteiger partial charge is 0.387 e. The Morgan fingerprint density at radius 2 is 2.24 bits per heavy atom. The number of hydrogen-bond acceptors (Lipinski definition) is 3. The highest BCUT2D eigenvalue weighted by molar-refractivity contribution is 5.76. The van der Waals surface area contributed by atoms with Crippen LogP contribution in [0.25, 0.3) is 0 Å². The lowest BCUT2D eigenvalue weighted by Gasteiger charge is -2.15. The minimum atomic E-state index is -2.85. The summed E-state index contributed by atoms with van der Waals surface area (Å²) in [6.45, 7) is -2.56. The lowest BCUT2D eigenvalue weighted by molar-refractivity contribution is -0.122. The third-order valence-corrected chi connectivity index (χ3v) is 3.78. The third-order valence-electron chi connectivity index (χ3n) is 3.78. The molecule has 0 bridgehead atoms. The summed E-state index contributed by atoms with van der Waals surface area (Å²) in [5, 5.41) is 2.79. The van der Waals surface area contributed by atoms with Crippen LogP contribution in [0.4, 0.5) is 8.78 Å². The zero-order valence-corrected chi connectivity index (χ0v) is 11.7. The predicted octanol–water partition coefficient (Wildman–Crippen LogP) is 2.42. The van der Waals surface area contributed by atoms with E-state index in [0.29, 0.717) is 13.0 Å². The molecule has 1 fully saturated rings. The molecule has 6 heteroatoms. The summed E-state index contributed by atoms with van der Waals surface area (Å²) in [6.07, 6.45) is 3.47. The molecule has 3 N–H and O–H groups in total. The van der Waals surface area contributed by atoms with Gasteiger partial charge in [-0.1, -0.05) is 18.6 Å². The highest BCUT2D eigenvalue weighted by Crippen LogP contribution is 2.26. The Hall–Kier alpha value is -1.69. The van der Waals surface area contributed by atoms with Gasteiger partial charge in [0.05, 0.1) is 0 Å². The molecule has 4 nitrogen and oxygen atoms in total. The van der Waals surface area contributed by atoms with E-state index >= 15 is 0 Å². The molecule has 1 aliphatic rings. The Labute approximate surface area is 122 Å². The molecule has 0 unspecified atom stereocenters.